The van der Waals surface area contributed by atoms with Gasteiger partial charge in [-0.25, -0.2) is 0 Å². The first-order valence-corrected chi connectivity index (χ1v) is 8.29. The zero-order valence-corrected chi connectivity index (χ0v) is 14.7. The fraction of sp³-hybridized carbons (Fsp3) is 0.562. The topological polar surface area (TPSA) is 44.4 Å². The minimum absolute atomic E-state index is 0.0312. The molecular formula is C16H24BrN3O. The first kappa shape index (κ1) is 16.5. The van der Waals surface area contributed by atoms with E-state index in [1.54, 1.807) is 0 Å². The van der Waals surface area contributed by atoms with Gasteiger partial charge in [0, 0.05) is 40.9 Å². The molecule has 0 spiro atoms. The van der Waals surface area contributed by atoms with Crippen molar-refractivity contribution in [3.63, 3.8) is 0 Å². The summed E-state index contributed by atoms with van der Waals surface area (Å²) in [6, 6.07) is 6.69. The molecule has 2 N–H and O–H groups in total. The first-order valence-electron chi connectivity index (χ1n) is 7.49. The second-order valence-corrected chi connectivity index (χ2v) is 6.95. The fourth-order valence-electron chi connectivity index (χ4n) is 2.89. The second-order valence-electron chi connectivity index (χ2n) is 6.03. The van der Waals surface area contributed by atoms with Crippen LogP contribution in [0, 0.1) is 0 Å². The molecule has 0 saturated carbocycles. The molecule has 0 saturated heterocycles. The molecule has 0 aromatic heterocycles. The van der Waals surface area contributed by atoms with Crippen LogP contribution < -0.4 is 10.6 Å². The van der Waals surface area contributed by atoms with Gasteiger partial charge >= 0.3 is 0 Å². The lowest BCUT2D eigenvalue weighted by atomic mass is 10.1. The minimum atomic E-state index is -0.241. The van der Waals surface area contributed by atoms with Gasteiger partial charge in [-0.15, -0.1) is 0 Å². The van der Waals surface area contributed by atoms with E-state index in [1.807, 2.05) is 18.2 Å². The molecule has 1 atom stereocenters. The van der Waals surface area contributed by atoms with Crippen LogP contribution in [-0.4, -0.2) is 36.0 Å². The molecule has 0 bridgehead atoms. The van der Waals surface area contributed by atoms with Crippen molar-refractivity contribution in [1.82, 2.24) is 10.2 Å². The van der Waals surface area contributed by atoms with Gasteiger partial charge in [0.15, 0.2) is 0 Å². The molecule has 0 fully saturated rings. The lowest BCUT2D eigenvalue weighted by molar-refractivity contribution is -0.117. The average molecular weight is 354 g/mol. The number of amides is 1. The van der Waals surface area contributed by atoms with Crippen LogP contribution in [0.15, 0.2) is 22.7 Å². The maximum atomic E-state index is 12.1. The number of hydrogen-bond donors (Lipinski definition) is 2. The van der Waals surface area contributed by atoms with Gasteiger partial charge in [0.2, 0.25) is 5.91 Å². The van der Waals surface area contributed by atoms with Crippen molar-refractivity contribution in [1.29, 1.82) is 0 Å². The number of nitrogens with one attached hydrogen (secondary N) is 2. The highest BCUT2D eigenvalue weighted by atomic mass is 79.9. The van der Waals surface area contributed by atoms with Crippen LogP contribution in [-0.2, 0) is 4.79 Å². The molecule has 21 heavy (non-hydrogen) atoms. The number of fused-ring (bicyclic) bond motifs is 1. The molecule has 1 unspecified atom stereocenters. The van der Waals surface area contributed by atoms with E-state index in [1.165, 1.54) is 0 Å². The van der Waals surface area contributed by atoms with E-state index >= 15 is 0 Å². The number of rotatable bonds is 6. The van der Waals surface area contributed by atoms with Crippen LogP contribution in [0.1, 0.15) is 39.3 Å². The van der Waals surface area contributed by atoms with Crippen molar-refractivity contribution >= 4 is 27.5 Å². The average Bonchev–Trinajstić information content (AvgIpc) is 2.68. The maximum Gasteiger partial charge on any atom is 0.246 e. The predicted molar refractivity (Wildman–Crippen MR) is 90.5 cm³/mol. The molecule has 1 aromatic carbocycles. The fourth-order valence-corrected chi connectivity index (χ4v) is 3.25. The van der Waals surface area contributed by atoms with E-state index in [4.69, 9.17) is 0 Å². The van der Waals surface area contributed by atoms with Gasteiger partial charge < -0.3 is 10.6 Å². The van der Waals surface area contributed by atoms with Gasteiger partial charge in [-0.3, -0.25) is 9.69 Å². The summed E-state index contributed by atoms with van der Waals surface area (Å²) in [5, 5.41) is 6.31. The van der Waals surface area contributed by atoms with E-state index < -0.39 is 0 Å². The summed E-state index contributed by atoms with van der Waals surface area (Å²) in [5.74, 6) is 0.0312. The molecule has 2 rings (SSSR count). The number of benzene rings is 1. The molecule has 1 aliphatic heterocycles. The molecule has 0 radical (unpaired) electrons. The Hall–Kier alpha value is -0.910. The summed E-state index contributed by atoms with van der Waals surface area (Å²) in [5.41, 5.74) is 1.93. The quantitative estimate of drug-likeness (QED) is 0.825. The van der Waals surface area contributed by atoms with Gasteiger partial charge in [-0.05, 0) is 39.8 Å². The van der Waals surface area contributed by atoms with Crippen molar-refractivity contribution in [2.75, 3.05) is 18.4 Å². The third-order valence-corrected chi connectivity index (χ3v) is 4.38. The normalized spacial score (nSPS) is 17.7. The SMILES string of the molecule is CC(C)N(CCNC1C(=O)Nc2cc(Br)ccc21)C(C)C. The smallest absolute Gasteiger partial charge is 0.246 e. The highest BCUT2D eigenvalue weighted by molar-refractivity contribution is 9.10. The highest BCUT2D eigenvalue weighted by Gasteiger charge is 2.30. The zero-order chi connectivity index (χ0) is 15.6. The van der Waals surface area contributed by atoms with E-state index in [9.17, 15) is 4.79 Å². The van der Waals surface area contributed by atoms with Gasteiger partial charge in [-0.2, -0.15) is 0 Å². The predicted octanol–water partition coefficient (Wildman–Crippen LogP) is 3.15. The van der Waals surface area contributed by atoms with Crippen molar-refractivity contribution < 1.29 is 4.79 Å². The van der Waals surface area contributed by atoms with Crippen LogP contribution in [0.25, 0.3) is 0 Å². The number of nitrogens with zero attached hydrogens (tertiary/aromatic N) is 1. The summed E-state index contributed by atoms with van der Waals surface area (Å²) < 4.78 is 0.980. The molecule has 4 nitrogen and oxygen atoms in total. The Morgan fingerprint density at radius 1 is 1.29 bits per heavy atom. The molecule has 116 valence electrons. The number of carbonyl (C=O) groups is 1. The van der Waals surface area contributed by atoms with E-state index in [2.05, 4.69) is 59.2 Å². The van der Waals surface area contributed by atoms with Gasteiger partial charge in [0.25, 0.3) is 0 Å². The lowest BCUT2D eigenvalue weighted by Gasteiger charge is -2.30. The third kappa shape index (κ3) is 3.84. The van der Waals surface area contributed by atoms with E-state index in [0.717, 1.165) is 28.8 Å². The van der Waals surface area contributed by atoms with Crippen LogP contribution in [0.5, 0.6) is 0 Å². The van der Waals surface area contributed by atoms with Crippen LogP contribution in [0.2, 0.25) is 0 Å². The summed E-state index contributed by atoms with van der Waals surface area (Å²) in [6.45, 7) is 10.5. The molecule has 1 aromatic rings. The van der Waals surface area contributed by atoms with E-state index in [-0.39, 0.29) is 11.9 Å². The summed E-state index contributed by atoms with van der Waals surface area (Å²) >= 11 is 3.43. The minimum Gasteiger partial charge on any atom is -0.324 e. The maximum absolute atomic E-state index is 12.1. The number of anilines is 1. The van der Waals surface area contributed by atoms with Crippen molar-refractivity contribution in [2.45, 2.75) is 45.8 Å². The van der Waals surface area contributed by atoms with Gasteiger partial charge in [0.05, 0.1) is 0 Å². The van der Waals surface area contributed by atoms with Crippen molar-refractivity contribution in [3.05, 3.63) is 28.2 Å². The lowest BCUT2D eigenvalue weighted by Crippen LogP contribution is -2.42. The Bertz CT molecular complexity index is 508. The summed E-state index contributed by atoms with van der Waals surface area (Å²) in [7, 11) is 0. The Morgan fingerprint density at radius 3 is 2.57 bits per heavy atom. The molecule has 5 heteroatoms. The van der Waals surface area contributed by atoms with Crippen molar-refractivity contribution in [2.24, 2.45) is 0 Å². The highest BCUT2D eigenvalue weighted by Crippen LogP contribution is 2.32. The Kier molecular flexibility index (Phi) is 5.41. The summed E-state index contributed by atoms with van der Waals surface area (Å²) in [6.07, 6.45) is 0. The van der Waals surface area contributed by atoms with Crippen LogP contribution in [0.3, 0.4) is 0 Å². The Morgan fingerprint density at radius 2 is 1.95 bits per heavy atom. The Labute approximate surface area is 135 Å². The second kappa shape index (κ2) is 6.90. The monoisotopic (exact) mass is 353 g/mol. The van der Waals surface area contributed by atoms with Gasteiger partial charge in [-0.1, -0.05) is 22.0 Å². The molecule has 1 heterocycles. The number of halogens is 1. The third-order valence-electron chi connectivity index (χ3n) is 3.89. The van der Waals surface area contributed by atoms with E-state index in [0.29, 0.717) is 12.1 Å². The van der Waals surface area contributed by atoms with Crippen LogP contribution >= 0.6 is 15.9 Å². The van der Waals surface area contributed by atoms with Gasteiger partial charge in [0.1, 0.15) is 6.04 Å². The molecule has 0 aliphatic carbocycles. The molecule has 1 aliphatic rings. The number of carbonyl (C=O) groups excluding carboxylic acids is 1. The molecule has 1 amide bonds. The number of hydrogen-bond acceptors (Lipinski definition) is 3. The summed E-state index contributed by atoms with van der Waals surface area (Å²) in [4.78, 5) is 14.5. The van der Waals surface area contributed by atoms with Crippen molar-refractivity contribution in [3.8, 4) is 0 Å². The Balaban J connectivity index is 1.97. The largest absolute Gasteiger partial charge is 0.324 e. The van der Waals surface area contributed by atoms with Crippen LogP contribution in [0.4, 0.5) is 5.69 Å². The zero-order valence-electron chi connectivity index (χ0n) is 13.1. The molecular weight excluding hydrogens is 330 g/mol. The standard InChI is InChI=1S/C16H24BrN3O/c1-10(2)20(11(3)4)8-7-18-15-13-6-5-12(17)9-14(13)19-16(15)21/h5-6,9-11,15,18H,7-8H2,1-4H3,(H,19,21). The first-order chi connectivity index (χ1) is 9.90.